The maximum Gasteiger partial charge on any atom is 0.0444 e. The number of hydrogen-bond acceptors (Lipinski definition) is 0. The molecule has 0 nitrogen and oxygen atoms in total. The van der Waals surface area contributed by atoms with Gasteiger partial charge in [-0.15, -0.1) is 0 Å². The molecule has 2 atom stereocenters. The fourth-order valence-corrected chi connectivity index (χ4v) is 2.11. The molecule has 0 saturated carbocycles. The van der Waals surface area contributed by atoms with Crippen molar-refractivity contribution in [3.05, 3.63) is 59.2 Å². The van der Waals surface area contributed by atoms with E-state index in [1.807, 2.05) is 18.2 Å². The van der Waals surface area contributed by atoms with E-state index in [1.165, 1.54) is 5.56 Å². The predicted octanol–water partition coefficient (Wildman–Crippen LogP) is 4.19. The van der Waals surface area contributed by atoms with Gasteiger partial charge in [-0.05, 0) is 17.5 Å². The van der Waals surface area contributed by atoms with E-state index in [2.05, 4.69) is 37.3 Å². The van der Waals surface area contributed by atoms with Crippen LogP contribution in [0.2, 0.25) is 5.02 Å². The molecule has 0 radical (unpaired) electrons. The molecule has 2 rings (SSSR count). The lowest BCUT2D eigenvalue weighted by Gasteiger charge is -2.21. The summed E-state index contributed by atoms with van der Waals surface area (Å²) in [4.78, 5) is 0. The van der Waals surface area contributed by atoms with Crippen LogP contribution in [0.25, 0.3) is 0 Å². The van der Waals surface area contributed by atoms with Gasteiger partial charge in [0.1, 0.15) is 0 Å². The topological polar surface area (TPSA) is 0 Å². The Morgan fingerprint density at radius 1 is 1.07 bits per heavy atom. The molecule has 14 heavy (non-hydrogen) atoms. The molecule has 0 heterocycles. The largest absolute Gasteiger partial charge is 0.0840 e. The SMILES string of the molecule is CC1C=CC=CC1c1ccccc1Cl. The third-order valence-corrected chi connectivity index (χ3v) is 3.02. The lowest BCUT2D eigenvalue weighted by molar-refractivity contribution is 0.635. The first-order chi connectivity index (χ1) is 6.79. The molecule has 0 N–H and O–H groups in total. The summed E-state index contributed by atoms with van der Waals surface area (Å²) in [6.07, 6.45) is 8.62. The van der Waals surface area contributed by atoms with Gasteiger partial charge in [0.25, 0.3) is 0 Å². The zero-order chi connectivity index (χ0) is 9.97. The zero-order valence-corrected chi connectivity index (χ0v) is 8.91. The van der Waals surface area contributed by atoms with Gasteiger partial charge in [-0.2, -0.15) is 0 Å². The first kappa shape index (κ1) is 9.54. The number of hydrogen-bond donors (Lipinski definition) is 0. The van der Waals surface area contributed by atoms with Crippen LogP contribution in [0.4, 0.5) is 0 Å². The van der Waals surface area contributed by atoms with Crippen molar-refractivity contribution in [2.24, 2.45) is 5.92 Å². The number of rotatable bonds is 1. The summed E-state index contributed by atoms with van der Waals surface area (Å²) in [6.45, 7) is 2.22. The average Bonchev–Trinajstić information content (AvgIpc) is 2.20. The highest BCUT2D eigenvalue weighted by Crippen LogP contribution is 2.33. The summed E-state index contributed by atoms with van der Waals surface area (Å²) in [5.41, 5.74) is 1.22. The van der Waals surface area contributed by atoms with Gasteiger partial charge in [-0.25, -0.2) is 0 Å². The summed E-state index contributed by atoms with van der Waals surface area (Å²) in [5, 5.41) is 0.865. The monoisotopic (exact) mass is 204 g/mol. The number of halogens is 1. The Labute approximate surface area is 89.9 Å². The lowest BCUT2D eigenvalue weighted by atomic mass is 9.84. The molecule has 1 aliphatic rings. The van der Waals surface area contributed by atoms with Gasteiger partial charge in [0.05, 0.1) is 0 Å². The van der Waals surface area contributed by atoms with Gasteiger partial charge in [-0.1, -0.05) is 61.0 Å². The smallest absolute Gasteiger partial charge is 0.0444 e. The van der Waals surface area contributed by atoms with Crippen LogP contribution in [-0.2, 0) is 0 Å². The Kier molecular flexibility index (Phi) is 2.74. The van der Waals surface area contributed by atoms with Crippen molar-refractivity contribution >= 4 is 11.6 Å². The number of benzene rings is 1. The van der Waals surface area contributed by atoms with Gasteiger partial charge in [-0.3, -0.25) is 0 Å². The van der Waals surface area contributed by atoms with Crippen LogP contribution in [0.1, 0.15) is 18.4 Å². The highest BCUT2D eigenvalue weighted by atomic mass is 35.5. The van der Waals surface area contributed by atoms with Crippen molar-refractivity contribution in [3.63, 3.8) is 0 Å². The summed E-state index contributed by atoms with van der Waals surface area (Å²) in [6, 6.07) is 8.07. The molecule has 0 aromatic heterocycles. The summed E-state index contributed by atoms with van der Waals surface area (Å²) in [5.74, 6) is 0.952. The van der Waals surface area contributed by atoms with Crippen LogP contribution < -0.4 is 0 Å². The van der Waals surface area contributed by atoms with Crippen molar-refractivity contribution in [2.75, 3.05) is 0 Å². The molecule has 0 fully saturated rings. The van der Waals surface area contributed by atoms with Crippen molar-refractivity contribution in [3.8, 4) is 0 Å². The molecule has 0 saturated heterocycles. The maximum absolute atomic E-state index is 6.16. The quantitative estimate of drug-likeness (QED) is 0.644. The maximum atomic E-state index is 6.16. The van der Waals surface area contributed by atoms with Gasteiger partial charge < -0.3 is 0 Å². The molecule has 1 aromatic rings. The summed E-state index contributed by atoms with van der Waals surface area (Å²) < 4.78 is 0. The van der Waals surface area contributed by atoms with Crippen LogP contribution >= 0.6 is 11.6 Å². The second-order valence-corrected chi connectivity index (χ2v) is 4.08. The van der Waals surface area contributed by atoms with E-state index in [1.54, 1.807) is 0 Å². The summed E-state index contributed by atoms with van der Waals surface area (Å²) in [7, 11) is 0. The van der Waals surface area contributed by atoms with Gasteiger partial charge in [0.15, 0.2) is 0 Å². The minimum Gasteiger partial charge on any atom is -0.0840 e. The zero-order valence-electron chi connectivity index (χ0n) is 8.15. The minimum absolute atomic E-state index is 0.425. The van der Waals surface area contributed by atoms with E-state index in [4.69, 9.17) is 11.6 Å². The van der Waals surface area contributed by atoms with Crippen molar-refractivity contribution in [2.45, 2.75) is 12.8 Å². The Morgan fingerprint density at radius 2 is 1.79 bits per heavy atom. The third kappa shape index (κ3) is 1.76. The molecule has 0 bridgehead atoms. The van der Waals surface area contributed by atoms with Gasteiger partial charge in [0.2, 0.25) is 0 Å². The van der Waals surface area contributed by atoms with Crippen LogP contribution in [0.15, 0.2) is 48.6 Å². The second kappa shape index (κ2) is 4.02. The fourth-order valence-electron chi connectivity index (χ4n) is 1.85. The molecule has 0 aliphatic heterocycles. The van der Waals surface area contributed by atoms with E-state index in [0.717, 1.165) is 5.02 Å². The summed E-state index contributed by atoms with van der Waals surface area (Å²) >= 11 is 6.16. The average molecular weight is 205 g/mol. The molecule has 1 aromatic carbocycles. The highest BCUT2D eigenvalue weighted by molar-refractivity contribution is 6.31. The predicted molar refractivity (Wildman–Crippen MR) is 61.6 cm³/mol. The van der Waals surface area contributed by atoms with Gasteiger partial charge >= 0.3 is 0 Å². The molecular weight excluding hydrogens is 192 g/mol. The molecule has 2 unspecified atom stereocenters. The van der Waals surface area contributed by atoms with E-state index in [0.29, 0.717) is 11.8 Å². The molecule has 1 aliphatic carbocycles. The Hall–Kier alpha value is -1.01. The van der Waals surface area contributed by atoms with Crippen LogP contribution in [0.3, 0.4) is 0 Å². The standard InChI is InChI=1S/C13H13Cl/c1-10-6-2-3-7-11(10)12-8-4-5-9-13(12)14/h2-11H,1H3. The van der Waals surface area contributed by atoms with Crippen molar-refractivity contribution in [1.82, 2.24) is 0 Å². The van der Waals surface area contributed by atoms with Crippen molar-refractivity contribution in [1.29, 1.82) is 0 Å². The molecule has 0 amide bonds. The van der Waals surface area contributed by atoms with Crippen molar-refractivity contribution < 1.29 is 0 Å². The van der Waals surface area contributed by atoms with E-state index in [9.17, 15) is 0 Å². The van der Waals surface area contributed by atoms with E-state index >= 15 is 0 Å². The third-order valence-electron chi connectivity index (χ3n) is 2.68. The van der Waals surface area contributed by atoms with Crippen LogP contribution in [0, 0.1) is 5.92 Å². The normalized spacial score (nSPS) is 25.3. The van der Waals surface area contributed by atoms with E-state index < -0.39 is 0 Å². The second-order valence-electron chi connectivity index (χ2n) is 3.68. The molecule has 1 heteroatoms. The highest BCUT2D eigenvalue weighted by Gasteiger charge is 2.17. The molecule has 72 valence electrons. The Morgan fingerprint density at radius 3 is 2.50 bits per heavy atom. The Bertz CT molecular complexity index is 377. The minimum atomic E-state index is 0.425. The van der Waals surface area contributed by atoms with Gasteiger partial charge in [0, 0.05) is 10.9 Å². The molecule has 0 spiro atoms. The Balaban J connectivity index is 2.36. The fraction of sp³-hybridized carbons (Fsp3) is 0.231. The van der Waals surface area contributed by atoms with E-state index in [-0.39, 0.29) is 0 Å². The first-order valence-corrected chi connectivity index (χ1v) is 5.26. The van der Waals surface area contributed by atoms with Crippen LogP contribution in [0.5, 0.6) is 0 Å². The lowest BCUT2D eigenvalue weighted by Crippen LogP contribution is -2.07. The molecular formula is C13H13Cl. The van der Waals surface area contributed by atoms with Crippen LogP contribution in [-0.4, -0.2) is 0 Å². The number of allylic oxidation sites excluding steroid dienone is 4. The first-order valence-electron chi connectivity index (χ1n) is 4.88.